The van der Waals surface area contributed by atoms with Crippen molar-refractivity contribution < 1.29 is 32.7 Å². The Bertz CT molecular complexity index is 1150. The van der Waals surface area contributed by atoms with Crippen LogP contribution in [0.1, 0.15) is 13.8 Å². The van der Waals surface area contributed by atoms with E-state index >= 15 is 0 Å². The Balaban J connectivity index is 1.67. The van der Waals surface area contributed by atoms with Crippen molar-refractivity contribution in [1.82, 2.24) is 15.3 Å². The molecule has 1 atom stereocenters. The largest absolute Gasteiger partial charge is 0.491 e. The number of sulfone groups is 1. The van der Waals surface area contributed by atoms with Crippen LogP contribution in [0.2, 0.25) is 0 Å². The van der Waals surface area contributed by atoms with E-state index in [1.807, 2.05) is 0 Å². The number of ether oxygens (including phenoxy) is 1. The van der Waals surface area contributed by atoms with Gasteiger partial charge in [0.05, 0.1) is 11.4 Å². The molecule has 0 radical (unpaired) electrons. The summed E-state index contributed by atoms with van der Waals surface area (Å²) in [4.78, 5) is 36.7. The molecule has 1 aliphatic rings. The second-order valence-corrected chi connectivity index (χ2v) is 10.3. The Morgan fingerprint density at radius 2 is 1.64 bits per heavy atom. The van der Waals surface area contributed by atoms with Gasteiger partial charge < -0.3 is 10.1 Å². The first-order chi connectivity index (χ1) is 15.4. The summed E-state index contributed by atoms with van der Waals surface area (Å²) in [5.41, 5.74) is 0.576. The molecule has 11 heteroatoms. The predicted molar refractivity (Wildman–Crippen MR) is 118 cm³/mol. The topological polar surface area (TPSA) is 133 Å². The van der Waals surface area contributed by atoms with Crippen molar-refractivity contribution in [1.29, 1.82) is 0 Å². The highest BCUT2D eigenvalue weighted by molar-refractivity contribution is 7.90. The van der Waals surface area contributed by atoms with Crippen LogP contribution in [0.25, 0.3) is 11.1 Å². The van der Waals surface area contributed by atoms with Gasteiger partial charge in [0, 0.05) is 6.26 Å². The van der Waals surface area contributed by atoms with E-state index in [9.17, 15) is 28.0 Å². The number of carbonyl (C=O) groups is 3. The Morgan fingerprint density at radius 1 is 1.09 bits per heavy atom. The second kappa shape index (κ2) is 9.20. The van der Waals surface area contributed by atoms with E-state index in [0.717, 1.165) is 22.3 Å². The molecule has 2 aromatic rings. The third-order valence-corrected chi connectivity index (χ3v) is 6.36. The maximum Gasteiger partial charge on any atom is 0.325 e. The minimum Gasteiger partial charge on any atom is -0.491 e. The van der Waals surface area contributed by atoms with Gasteiger partial charge in [-0.1, -0.05) is 24.3 Å². The Morgan fingerprint density at radius 3 is 2.09 bits per heavy atom. The van der Waals surface area contributed by atoms with Gasteiger partial charge in [0.2, 0.25) is 6.41 Å². The average molecular weight is 476 g/mol. The Hall–Kier alpha value is -3.44. The van der Waals surface area contributed by atoms with Gasteiger partial charge in [0.25, 0.3) is 5.91 Å². The fourth-order valence-electron chi connectivity index (χ4n) is 3.32. The van der Waals surface area contributed by atoms with Gasteiger partial charge in [-0.3, -0.25) is 19.7 Å². The number of urea groups is 1. The molecule has 1 heterocycles. The highest BCUT2D eigenvalue weighted by Crippen LogP contribution is 2.24. The lowest BCUT2D eigenvalue weighted by Crippen LogP contribution is -2.48. The molecule has 1 fully saturated rings. The quantitative estimate of drug-likeness (QED) is 0.244. The summed E-state index contributed by atoms with van der Waals surface area (Å²) in [6, 6.07) is 11.8. The van der Waals surface area contributed by atoms with Crippen molar-refractivity contribution in [3.05, 3.63) is 48.5 Å². The number of carbonyl (C=O) groups excluding carboxylic acids is 3. The van der Waals surface area contributed by atoms with Crippen molar-refractivity contribution in [3.8, 4) is 16.9 Å². The van der Waals surface area contributed by atoms with Crippen LogP contribution in [-0.4, -0.2) is 72.9 Å². The lowest BCUT2D eigenvalue weighted by atomic mass is 10.1. The molecule has 2 N–H and O–H groups in total. The summed E-state index contributed by atoms with van der Waals surface area (Å²) >= 11 is 0. The third kappa shape index (κ3) is 5.49. The summed E-state index contributed by atoms with van der Waals surface area (Å²) in [6.07, 6.45) is 1.33. The van der Waals surface area contributed by atoms with E-state index in [1.54, 1.807) is 50.2 Å². The van der Waals surface area contributed by atoms with Crippen molar-refractivity contribution >= 4 is 28.2 Å². The fraction of sp³-hybridized carbons (Fsp3) is 0.318. The molecule has 10 nitrogen and oxygen atoms in total. The molecule has 0 bridgehead atoms. The molecule has 0 aliphatic carbocycles. The van der Waals surface area contributed by atoms with Gasteiger partial charge in [-0.05, 0) is 49.2 Å². The zero-order chi connectivity index (χ0) is 24.4. The Labute approximate surface area is 191 Å². The zero-order valence-corrected chi connectivity index (χ0v) is 19.2. The van der Waals surface area contributed by atoms with Crippen molar-refractivity contribution in [3.63, 3.8) is 0 Å². The van der Waals surface area contributed by atoms with Crippen LogP contribution >= 0.6 is 0 Å². The molecular weight excluding hydrogens is 450 g/mol. The van der Waals surface area contributed by atoms with Gasteiger partial charge in [0.1, 0.15) is 23.9 Å². The molecule has 1 unspecified atom stereocenters. The number of imide groups is 1. The first-order valence-electron chi connectivity index (χ1n) is 10.0. The number of benzene rings is 2. The monoisotopic (exact) mass is 475 g/mol. The number of nitrogens with zero attached hydrogens (tertiary/aromatic N) is 2. The third-order valence-electron chi connectivity index (χ3n) is 5.23. The van der Waals surface area contributed by atoms with Crippen LogP contribution in [-0.2, 0) is 19.4 Å². The molecule has 0 aromatic heterocycles. The maximum absolute atomic E-state index is 12.4. The van der Waals surface area contributed by atoms with Gasteiger partial charge in [-0.25, -0.2) is 18.3 Å². The number of hydrogen-bond donors (Lipinski definition) is 2. The summed E-state index contributed by atoms with van der Waals surface area (Å²) in [5.74, 6) is -0.0311. The van der Waals surface area contributed by atoms with Crippen LogP contribution in [0.3, 0.4) is 0 Å². The molecule has 3 rings (SSSR count). The van der Waals surface area contributed by atoms with Gasteiger partial charge in [-0.15, -0.1) is 0 Å². The van der Waals surface area contributed by atoms with Crippen molar-refractivity contribution in [2.45, 2.75) is 30.3 Å². The summed E-state index contributed by atoms with van der Waals surface area (Å²) in [5, 5.41) is 12.8. The van der Waals surface area contributed by atoms with Crippen LogP contribution in [0.4, 0.5) is 4.79 Å². The van der Waals surface area contributed by atoms with E-state index < -0.39 is 33.4 Å². The number of hydroxylamine groups is 2. The van der Waals surface area contributed by atoms with Gasteiger partial charge in [0.15, 0.2) is 9.84 Å². The fourth-order valence-corrected chi connectivity index (χ4v) is 3.95. The lowest BCUT2D eigenvalue weighted by Gasteiger charge is -2.26. The number of rotatable bonds is 9. The minimum absolute atomic E-state index is 0.171. The first-order valence-corrected chi connectivity index (χ1v) is 11.9. The molecule has 0 saturated carbocycles. The minimum atomic E-state index is -3.27. The van der Waals surface area contributed by atoms with E-state index in [-0.39, 0.29) is 24.5 Å². The van der Waals surface area contributed by atoms with E-state index in [1.165, 1.54) is 12.1 Å². The smallest absolute Gasteiger partial charge is 0.325 e. The molecule has 176 valence electrons. The van der Waals surface area contributed by atoms with E-state index in [2.05, 4.69) is 5.32 Å². The molecule has 1 aliphatic heterocycles. The SMILES string of the molecule is CC1(C)NC(=O)N(CC(COc2ccc(-c3ccc(S(C)(=O)=O)cc3)cc2)N(O)C=O)C1=O. The molecule has 2 aromatic carbocycles. The summed E-state index contributed by atoms with van der Waals surface area (Å²) in [6.45, 7) is 2.71. The van der Waals surface area contributed by atoms with Crippen LogP contribution in [0, 0.1) is 0 Å². The van der Waals surface area contributed by atoms with Crippen LogP contribution in [0.15, 0.2) is 53.4 Å². The molecule has 4 amide bonds. The van der Waals surface area contributed by atoms with Gasteiger partial charge >= 0.3 is 6.03 Å². The second-order valence-electron chi connectivity index (χ2n) is 8.24. The normalized spacial score (nSPS) is 16.3. The Kier molecular flexibility index (Phi) is 6.75. The predicted octanol–water partition coefficient (Wildman–Crippen LogP) is 1.68. The van der Waals surface area contributed by atoms with E-state index in [0.29, 0.717) is 10.8 Å². The van der Waals surface area contributed by atoms with Crippen LogP contribution < -0.4 is 10.1 Å². The highest BCUT2D eigenvalue weighted by atomic mass is 32.2. The summed E-state index contributed by atoms with van der Waals surface area (Å²) in [7, 11) is -3.27. The van der Waals surface area contributed by atoms with E-state index in [4.69, 9.17) is 4.74 Å². The van der Waals surface area contributed by atoms with Crippen LogP contribution in [0.5, 0.6) is 5.75 Å². The standard InChI is InChI=1S/C22H25N3O7S/c1-22(2)20(27)24(21(28)23-22)12-17(25(29)14-26)13-32-18-8-4-15(5-9-18)16-6-10-19(11-7-16)33(3,30)31/h4-11,14,17,29H,12-13H2,1-3H3,(H,23,28). The average Bonchev–Trinajstić information content (AvgIpc) is 2.97. The molecular formula is C22H25N3O7S. The van der Waals surface area contributed by atoms with Gasteiger partial charge in [-0.2, -0.15) is 0 Å². The van der Waals surface area contributed by atoms with Crippen molar-refractivity contribution in [2.24, 2.45) is 0 Å². The lowest BCUT2D eigenvalue weighted by molar-refractivity contribution is -0.165. The molecule has 33 heavy (non-hydrogen) atoms. The first kappa shape index (κ1) is 24.2. The summed E-state index contributed by atoms with van der Waals surface area (Å²) < 4.78 is 28.9. The van der Waals surface area contributed by atoms with Crippen molar-refractivity contribution in [2.75, 3.05) is 19.4 Å². The number of amides is 4. The number of hydrogen-bond acceptors (Lipinski definition) is 7. The molecule has 1 saturated heterocycles. The highest BCUT2D eigenvalue weighted by Gasteiger charge is 2.45. The zero-order valence-electron chi connectivity index (χ0n) is 18.4. The maximum atomic E-state index is 12.4. The molecule has 0 spiro atoms. The number of nitrogens with one attached hydrogen (secondary N) is 1.